The van der Waals surface area contributed by atoms with Gasteiger partial charge in [0.2, 0.25) is 11.8 Å². The Kier molecular flexibility index (Phi) is 5.37. The average molecular weight is 369 g/mol. The Hall–Kier alpha value is -2.27. The summed E-state index contributed by atoms with van der Waals surface area (Å²) in [5.74, 6) is 0.484. The van der Waals surface area contributed by atoms with Crippen molar-refractivity contribution in [1.29, 1.82) is 0 Å². The van der Waals surface area contributed by atoms with Crippen LogP contribution in [0.15, 0.2) is 42.5 Å². The molecule has 0 aromatic heterocycles. The van der Waals surface area contributed by atoms with E-state index in [9.17, 15) is 9.59 Å². The number of anilines is 2. The normalized spacial score (nSPS) is 17.0. The van der Waals surface area contributed by atoms with E-state index in [4.69, 9.17) is 0 Å². The van der Waals surface area contributed by atoms with Crippen LogP contribution in [0, 0.1) is 19.8 Å². The molecule has 0 unspecified atom stereocenters. The van der Waals surface area contributed by atoms with Gasteiger partial charge in [-0.05, 0) is 54.8 Å². The molecule has 1 heterocycles. The van der Waals surface area contributed by atoms with Gasteiger partial charge in [0, 0.05) is 17.3 Å². The third kappa shape index (κ3) is 3.93. The first-order valence-electron chi connectivity index (χ1n) is 8.78. The van der Waals surface area contributed by atoms with E-state index >= 15 is 0 Å². The second-order valence-electron chi connectivity index (χ2n) is 7.04. The lowest BCUT2D eigenvalue weighted by Gasteiger charge is -2.25. The molecule has 1 fully saturated rings. The van der Waals surface area contributed by atoms with Gasteiger partial charge in [-0.3, -0.25) is 14.5 Å². The fourth-order valence-electron chi connectivity index (χ4n) is 3.10. The molecule has 0 saturated carbocycles. The molecular formula is C21H24N2O2S. The number of amides is 2. The third-order valence-electron chi connectivity index (χ3n) is 4.32. The molecule has 4 nitrogen and oxygen atoms in total. The summed E-state index contributed by atoms with van der Waals surface area (Å²) < 4.78 is 0. The number of thioether (sulfide) groups is 1. The largest absolute Gasteiger partial charge is 0.326 e. The summed E-state index contributed by atoms with van der Waals surface area (Å²) in [7, 11) is 0. The number of nitrogens with zero attached hydrogens (tertiary/aromatic N) is 1. The van der Waals surface area contributed by atoms with Crippen molar-refractivity contribution in [1.82, 2.24) is 0 Å². The molecule has 1 aliphatic heterocycles. The van der Waals surface area contributed by atoms with Crippen LogP contribution in [0.5, 0.6) is 0 Å². The molecule has 26 heavy (non-hydrogen) atoms. The molecule has 1 aliphatic rings. The summed E-state index contributed by atoms with van der Waals surface area (Å²) in [6.07, 6.45) is 0. The molecule has 3 rings (SSSR count). The third-order valence-corrected chi connectivity index (χ3v) is 5.53. The van der Waals surface area contributed by atoms with E-state index in [2.05, 4.69) is 11.4 Å². The van der Waals surface area contributed by atoms with Crippen molar-refractivity contribution < 1.29 is 9.59 Å². The molecule has 136 valence electrons. The number of carbonyl (C=O) groups is 2. The van der Waals surface area contributed by atoms with Crippen molar-refractivity contribution >= 4 is 35.0 Å². The predicted octanol–water partition coefficient (Wildman–Crippen LogP) is 4.68. The van der Waals surface area contributed by atoms with Crippen molar-refractivity contribution in [3.8, 4) is 0 Å². The summed E-state index contributed by atoms with van der Waals surface area (Å²) >= 11 is 1.62. The molecule has 2 amide bonds. The SMILES string of the molecule is Cc1cc(C)cc(N2C(=O)CS[C@@H]2c2cccc(NC(=O)C(C)C)c2)c1. The highest BCUT2D eigenvalue weighted by Gasteiger charge is 2.34. The maximum Gasteiger partial charge on any atom is 0.238 e. The fourth-order valence-corrected chi connectivity index (χ4v) is 4.26. The van der Waals surface area contributed by atoms with Gasteiger partial charge >= 0.3 is 0 Å². The van der Waals surface area contributed by atoms with E-state index < -0.39 is 0 Å². The van der Waals surface area contributed by atoms with Crippen LogP contribution in [0.2, 0.25) is 0 Å². The second-order valence-corrected chi connectivity index (χ2v) is 8.11. The smallest absolute Gasteiger partial charge is 0.238 e. The van der Waals surface area contributed by atoms with Gasteiger partial charge in [-0.15, -0.1) is 11.8 Å². The monoisotopic (exact) mass is 368 g/mol. The van der Waals surface area contributed by atoms with Crippen LogP contribution in [0.3, 0.4) is 0 Å². The number of benzene rings is 2. The van der Waals surface area contributed by atoms with E-state index in [1.165, 1.54) is 0 Å². The summed E-state index contributed by atoms with van der Waals surface area (Å²) in [5, 5.41) is 2.85. The molecule has 1 saturated heterocycles. The highest BCUT2D eigenvalue weighted by Crippen LogP contribution is 2.42. The first-order chi connectivity index (χ1) is 12.3. The summed E-state index contributed by atoms with van der Waals surface area (Å²) in [6, 6.07) is 14.0. The van der Waals surface area contributed by atoms with Crippen LogP contribution in [0.1, 0.15) is 35.9 Å². The van der Waals surface area contributed by atoms with Gasteiger partial charge in [0.1, 0.15) is 5.37 Å². The van der Waals surface area contributed by atoms with E-state index in [0.717, 1.165) is 28.1 Å². The Morgan fingerprint density at radius 1 is 1.15 bits per heavy atom. The Labute approximate surface area is 159 Å². The summed E-state index contributed by atoms with van der Waals surface area (Å²) in [6.45, 7) is 7.82. The molecule has 0 aliphatic carbocycles. The highest BCUT2D eigenvalue weighted by molar-refractivity contribution is 8.00. The van der Waals surface area contributed by atoms with E-state index in [-0.39, 0.29) is 23.1 Å². The van der Waals surface area contributed by atoms with Crippen molar-refractivity contribution in [3.63, 3.8) is 0 Å². The van der Waals surface area contributed by atoms with E-state index in [1.54, 1.807) is 11.8 Å². The molecule has 0 radical (unpaired) electrons. The van der Waals surface area contributed by atoms with Crippen molar-refractivity contribution in [2.45, 2.75) is 33.1 Å². The Morgan fingerprint density at radius 2 is 1.85 bits per heavy atom. The van der Waals surface area contributed by atoms with Gasteiger partial charge < -0.3 is 5.32 Å². The lowest BCUT2D eigenvalue weighted by Crippen LogP contribution is -2.28. The van der Waals surface area contributed by atoms with E-state index in [0.29, 0.717) is 5.75 Å². The first-order valence-corrected chi connectivity index (χ1v) is 9.83. The zero-order valence-electron chi connectivity index (χ0n) is 15.6. The second kappa shape index (κ2) is 7.54. The van der Waals surface area contributed by atoms with Crippen LogP contribution in [0.25, 0.3) is 0 Å². The topological polar surface area (TPSA) is 49.4 Å². The van der Waals surface area contributed by atoms with Crippen LogP contribution in [-0.4, -0.2) is 17.6 Å². The summed E-state index contributed by atoms with van der Waals surface area (Å²) in [5.41, 5.74) is 4.99. The van der Waals surface area contributed by atoms with E-state index in [1.807, 2.05) is 69.0 Å². The van der Waals surface area contributed by atoms with Gasteiger partial charge in [0.15, 0.2) is 0 Å². The zero-order chi connectivity index (χ0) is 18.8. The number of nitrogens with one attached hydrogen (secondary N) is 1. The lowest BCUT2D eigenvalue weighted by molar-refractivity contribution is -0.119. The van der Waals surface area contributed by atoms with Gasteiger partial charge in [0.25, 0.3) is 0 Å². The predicted molar refractivity (Wildman–Crippen MR) is 109 cm³/mol. The molecular weight excluding hydrogens is 344 g/mol. The van der Waals surface area contributed by atoms with Crippen LogP contribution < -0.4 is 10.2 Å². The molecule has 2 aromatic carbocycles. The Morgan fingerprint density at radius 3 is 2.50 bits per heavy atom. The fraction of sp³-hybridized carbons (Fsp3) is 0.333. The standard InChI is InChI=1S/C21H24N2O2S/c1-13(2)20(25)22-17-7-5-6-16(11-17)21-23(19(24)12-26-21)18-9-14(3)8-15(4)10-18/h5-11,13,21H,12H2,1-4H3,(H,22,25)/t21-/m1/s1. The highest BCUT2D eigenvalue weighted by atomic mass is 32.2. The van der Waals surface area contributed by atoms with Crippen molar-refractivity contribution in [2.75, 3.05) is 16.0 Å². The number of carbonyl (C=O) groups excluding carboxylic acids is 2. The maximum absolute atomic E-state index is 12.6. The van der Waals surface area contributed by atoms with Crippen molar-refractivity contribution in [2.24, 2.45) is 5.92 Å². The quantitative estimate of drug-likeness (QED) is 0.853. The molecule has 5 heteroatoms. The lowest BCUT2D eigenvalue weighted by atomic mass is 10.1. The molecule has 1 N–H and O–H groups in total. The van der Waals surface area contributed by atoms with Gasteiger partial charge in [0.05, 0.1) is 5.75 Å². The number of rotatable bonds is 4. The number of hydrogen-bond donors (Lipinski definition) is 1. The Balaban J connectivity index is 1.92. The van der Waals surface area contributed by atoms with Crippen LogP contribution in [-0.2, 0) is 9.59 Å². The van der Waals surface area contributed by atoms with Gasteiger partial charge in [-0.2, -0.15) is 0 Å². The zero-order valence-corrected chi connectivity index (χ0v) is 16.4. The average Bonchev–Trinajstić information content (AvgIpc) is 2.95. The minimum absolute atomic E-state index is 0.0107. The number of hydrogen-bond acceptors (Lipinski definition) is 3. The maximum atomic E-state index is 12.6. The van der Waals surface area contributed by atoms with Crippen LogP contribution >= 0.6 is 11.8 Å². The molecule has 0 spiro atoms. The van der Waals surface area contributed by atoms with Gasteiger partial charge in [-0.25, -0.2) is 0 Å². The van der Waals surface area contributed by atoms with Crippen LogP contribution in [0.4, 0.5) is 11.4 Å². The minimum atomic E-state index is -0.0837. The van der Waals surface area contributed by atoms with Gasteiger partial charge in [-0.1, -0.05) is 32.0 Å². The summed E-state index contributed by atoms with van der Waals surface area (Å²) in [4.78, 5) is 26.4. The number of aryl methyl sites for hydroxylation is 2. The molecule has 2 aromatic rings. The minimum Gasteiger partial charge on any atom is -0.326 e. The molecule has 1 atom stereocenters. The Bertz CT molecular complexity index is 827. The first kappa shape index (κ1) is 18.5. The van der Waals surface area contributed by atoms with Crippen molar-refractivity contribution in [3.05, 3.63) is 59.2 Å². The molecule has 0 bridgehead atoms.